The summed E-state index contributed by atoms with van der Waals surface area (Å²) in [6, 6.07) is 1.77. The monoisotopic (exact) mass is 709 g/mol. The number of likely N-dealkylation sites (tertiary alicyclic amines) is 1. The largest absolute Gasteiger partial charge is 0.508 e. The fourth-order valence-corrected chi connectivity index (χ4v) is 5.90. The summed E-state index contributed by atoms with van der Waals surface area (Å²) in [5.41, 5.74) is -1.02. The summed E-state index contributed by atoms with van der Waals surface area (Å²) < 4.78 is 10.9. The molecule has 7 N–H and O–H groups in total. The number of rotatable bonds is 12. The van der Waals surface area contributed by atoms with Crippen molar-refractivity contribution >= 4 is 35.3 Å². The van der Waals surface area contributed by atoms with Crippen LogP contribution in [0.2, 0.25) is 0 Å². The first-order chi connectivity index (χ1) is 23.4. The van der Waals surface area contributed by atoms with Gasteiger partial charge in [-0.2, -0.15) is 0 Å². The van der Waals surface area contributed by atoms with Crippen LogP contribution in [0.15, 0.2) is 41.6 Å². The molecule has 0 aromatic heterocycles. The summed E-state index contributed by atoms with van der Waals surface area (Å²) >= 11 is 0.770. The second-order valence-corrected chi connectivity index (χ2v) is 12.9. The molecule has 1 fully saturated rings. The predicted octanol–water partition coefficient (Wildman–Crippen LogP) is 1.09. The standard InChI is InChI=1S/C33H47N3O12S/c1-20-8-6-9-23(34-28(41)19-49-33(31(43)44)48-27(17-37)21(2)38)10-7-11-24(35-46-18-29(42)36-12-4-3-5-13-36)14-22-15-25(39)16-26(40)30(22)32(45)47-20/h6-7,9,11,15-16,20-21,23,27,31,33,37-40,43-44H,3-5,8,10,12-14,17-19H2,1-2H3,(H,34,41)/b9-6+,11-7+,35-24-/t20-,21+,23-,27?,33+/m1/s1. The number of cyclic esters (lactones) is 1. The van der Waals surface area contributed by atoms with E-state index in [0.717, 1.165) is 37.1 Å². The predicted molar refractivity (Wildman–Crippen MR) is 180 cm³/mol. The van der Waals surface area contributed by atoms with Crippen molar-refractivity contribution in [3.05, 3.63) is 47.6 Å². The number of aliphatic hydroxyl groups is 4. The van der Waals surface area contributed by atoms with E-state index >= 15 is 0 Å². The van der Waals surface area contributed by atoms with Gasteiger partial charge >= 0.3 is 5.97 Å². The minimum atomic E-state index is -1.99. The van der Waals surface area contributed by atoms with E-state index < -0.39 is 60.3 Å². The van der Waals surface area contributed by atoms with Crippen molar-refractivity contribution < 1.29 is 59.3 Å². The number of fused-ring (bicyclic) bond motifs is 1. The zero-order valence-corrected chi connectivity index (χ0v) is 28.5. The Morgan fingerprint density at radius 1 is 1.12 bits per heavy atom. The summed E-state index contributed by atoms with van der Waals surface area (Å²) in [6.45, 7) is 3.44. The van der Waals surface area contributed by atoms with Crippen molar-refractivity contribution in [1.29, 1.82) is 0 Å². The van der Waals surface area contributed by atoms with Crippen LogP contribution in [0.4, 0.5) is 0 Å². The number of phenols is 2. The molecule has 15 nitrogen and oxygen atoms in total. The second-order valence-electron chi connectivity index (χ2n) is 11.9. The van der Waals surface area contributed by atoms with Crippen molar-refractivity contribution in [3.8, 4) is 11.5 Å². The Morgan fingerprint density at radius 3 is 2.53 bits per heavy atom. The fraction of sp³-hybridized carbons (Fsp3) is 0.576. The van der Waals surface area contributed by atoms with Crippen molar-refractivity contribution in [2.24, 2.45) is 5.16 Å². The highest BCUT2D eigenvalue weighted by atomic mass is 32.2. The molecule has 0 aliphatic carbocycles. The fourth-order valence-electron chi connectivity index (χ4n) is 5.11. The average molecular weight is 710 g/mol. The van der Waals surface area contributed by atoms with E-state index in [0.29, 0.717) is 13.1 Å². The molecule has 272 valence electrons. The van der Waals surface area contributed by atoms with Gasteiger partial charge in [-0.3, -0.25) is 9.59 Å². The molecule has 1 aromatic rings. The molecule has 2 amide bonds. The van der Waals surface area contributed by atoms with Crippen LogP contribution in [0.25, 0.3) is 0 Å². The van der Waals surface area contributed by atoms with Crippen LogP contribution in [0, 0.1) is 0 Å². The number of benzene rings is 1. The molecule has 2 aliphatic rings. The van der Waals surface area contributed by atoms with Crippen LogP contribution < -0.4 is 5.32 Å². The van der Waals surface area contributed by atoms with Gasteiger partial charge in [-0.25, -0.2) is 4.79 Å². The van der Waals surface area contributed by atoms with Crippen molar-refractivity contribution in [1.82, 2.24) is 10.2 Å². The van der Waals surface area contributed by atoms with Gasteiger partial charge in [0.05, 0.1) is 30.2 Å². The van der Waals surface area contributed by atoms with Gasteiger partial charge in [-0.15, -0.1) is 11.8 Å². The molecule has 0 spiro atoms. The topological polar surface area (TPSA) is 228 Å². The Balaban J connectivity index is 1.80. The lowest BCUT2D eigenvalue weighted by atomic mass is 9.99. The van der Waals surface area contributed by atoms with Crippen LogP contribution in [-0.2, 0) is 30.3 Å². The summed E-state index contributed by atoms with van der Waals surface area (Å²) in [4.78, 5) is 45.8. The lowest BCUT2D eigenvalue weighted by Gasteiger charge is -2.26. The van der Waals surface area contributed by atoms with E-state index in [1.54, 1.807) is 36.1 Å². The van der Waals surface area contributed by atoms with E-state index in [2.05, 4.69) is 10.5 Å². The Bertz CT molecular complexity index is 1350. The number of thioether (sulfide) groups is 1. The number of amides is 2. The number of carbonyl (C=O) groups is 3. The third-order valence-corrected chi connectivity index (χ3v) is 8.79. The number of piperidine rings is 1. The molecule has 1 unspecified atom stereocenters. The highest BCUT2D eigenvalue weighted by Crippen LogP contribution is 2.29. The normalized spacial score (nSPS) is 23.0. The number of phenolic OH excluding ortho intramolecular Hbond substituents is 2. The van der Waals surface area contributed by atoms with E-state index in [1.165, 1.54) is 13.0 Å². The number of aliphatic hydroxyl groups excluding tert-OH is 3. The maximum absolute atomic E-state index is 13.2. The lowest BCUT2D eigenvalue weighted by molar-refractivity contribution is -0.152. The molecule has 0 bridgehead atoms. The van der Waals surface area contributed by atoms with E-state index in [1.807, 2.05) is 0 Å². The number of carbonyl (C=O) groups excluding carboxylic acids is 3. The van der Waals surface area contributed by atoms with Gasteiger partial charge in [0, 0.05) is 32.0 Å². The molecule has 0 radical (unpaired) electrons. The minimum Gasteiger partial charge on any atom is -0.508 e. The number of esters is 1. The average Bonchev–Trinajstić information content (AvgIpc) is 3.03. The summed E-state index contributed by atoms with van der Waals surface area (Å²) in [7, 11) is 0. The zero-order valence-electron chi connectivity index (χ0n) is 27.6. The number of aromatic hydroxyl groups is 2. The third kappa shape index (κ3) is 13.3. The molecule has 2 heterocycles. The van der Waals surface area contributed by atoms with Gasteiger partial charge in [0.1, 0.15) is 29.3 Å². The van der Waals surface area contributed by atoms with Crippen LogP contribution in [-0.4, -0.2) is 127 Å². The zero-order chi connectivity index (χ0) is 35.9. The maximum Gasteiger partial charge on any atom is 0.342 e. The first-order valence-corrected chi connectivity index (χ1v) is 17.2. The Labute approximate surface area is 289 Å². The van der Waals surface area contributed by atoms with Crippen LogP contribution in [0.3, 0.4) is 0 Å². The smallest absolute Gasteiger partial charge is 0.342 e. The number of nitrogens with one attached hydrogen (secondary N) is 1. The van der Waals surface area contributed by atoms with Crippen LogP contribution in [0.5, 0.6) is 11.5 Å². The highest BCUT2D eigenvalue weighted by molar-refractivity contribution is 8.00. The summed E-state index contributed by atoms with van der Waals surface area (Å²) in [5.74, 6) is -2.53. The van der Waals surface area contributed by atoms with Crippen LogP contribution >= 0.6 is 11.8 Å². The third-order valence-electron chi connectivity index (χ3n) is 7.68. The van der Waals surface area contributed by atoms with E-state index in [9.17, 15) is 45.0 Å². The summed E-state index contributed by atoms with van der Waals surface area (Å²) in [6.07, 6.45) is 5.21. The number of allylic oxidation sites excluding steroid dienone is 1. The van der Waals surface area contributed by atoms with Gasteiger partial charge in [0.15, 0.2) is 18.3 Å². The molecule has 16 heteroatoms. The SMILES string of the molecule is C[C@@H]1C/C=C/[C@@H](NC(=O)CS[C@H](OC(CO)[C@H](C)O)C(O)O)C/C=C/C(=N/OCC(=O)N2CCCCC2)Cc2cc(O)cc(O)c2C(=O)O1. The number of hydrogen-bond donors (Lipinski definition) is 7. The number of hydrogen-bond acceptors (Lipinski definition) is 14. The highest BCUT2D eigenvalue weighted by Gasteiger charge is 2.27. The molecule has 49 heavy (non-hydrogen) atoms. The van der Waals surface area contributed by atoms with Crippen LogP contribution in [0.1, 0.15) is 61.9 Å². The number of nitrogens with zero attached hydrogens (tertiary/aromatic N) is 2. The molecule has 2 aliphatic heterocycles. The van der Waals surface area contributed by atoms with Gasteiger partial charge in [-0.1, -0.05) is 23.4 Å². The molecule has 3 rings (SSSR count). The van der Waals surface area contributed by atoms with Crippen molar-refractivity contribution in [2.45, 2.75) is 88.5 Å². The number of ether oxygens (including phenoxy) is 2. The number of oxime groups is 1. The first kappa shape index (κ1) is 39.8. The first-order valence-electron chi connectivity index (χ1n) is 16.1. The van der Waals surface area contributed by atoms with Gasteiger partial charge in [0.2, 0.25) is 5.91 Å². The molecule has 5 atom stereocenters. The molecule has 1 aromatic carbocycles. The molecular weight excluding hydrogens is 662 g/mol. The maximum atomic E-state index is 13.2. The molecule has 0 saturated carbocycles. The second kappa shape index (κ2) is 20.1. The molecular formula is C33H47N3O12S. The van der Waals surface area contributed by atoms with E-state index in [-0.39, 0.29) is 60.1 Å². The van der Waals surface area contributed by atoms with Gasteiger partial charge < -0.3 is 55.2 Å². The van der Waals surface area contributed by atoms with E-state index in [4.69, 9.17) is 14.3 Å². The Kier molecular flexibility index (Phi) is 16.3. The summed E-state index contributed by atoms with van der Waals surface area (Å²) in [5, 5.41) is 66.3. The molecule has 1 saturated heterocycles. The van der Waals surface area contributed by atoms with Crippen molar-refractivity contribution in [3.63, 3.8) is 0 Å². The Morgan fingerprint density at radius 2 is 1.86 bits per heavy atom. The Hall–Kier alpha value is -3.67. The van der Waals surface area contributed by atoms with Crippen molar-refractivity contribution in [2.75, 3.05) is 32.1 Å². The van der Waals surface area contributed by atoms with Gasteiger partial charge in [0.25, 0.3) is 5.91 Å². The quantitative estimate of drug-likeness (QED) is 0.0699. The van der Waals surface area contributed by atoms with Gasteiger partial charge in [-0.05, 0) is 57.2 Å². The lowest BCUT2D eigenvalue weighted by Crippen LogP contribution is -2.39. The minimum absolute atomic E-state index is 0.0924.